The van der Waals surface area contributed by atoms with Crippen LogP contribution in [-0.2, 0) is 0 Å². The fraction of sp³-hybridized carbons (Fsp3) is 1.00. The minimum absolute atomic E-state index is 0.857. The molecule has 3 heteroatoms. The highest BCUT2D eigenvalue weighted by Gasteiger charge is 2.35. The zero-order valence-electron chi connectivity index (χ0n) is 6.26. The van der Waals surface area contributed by atoms with E-state index in [4.69, 9.17) is 0 Å². The molecule has 0 aromatic rings. The lowest BCUT2D eigenvalue weighted by Crippen LogP contribution is -2.35. The van der Waals surface area contributed by atoms with Crippen molar-refractivity contribution in [3.8, 4) is 0 Å². The molecule has 58 valence electrons. The normalized spacial score (nSPS) is 42.6. The van der Waals surface area contributed by atoms with Crippen LogP contribution < -0.4 is 0 Å². The zero-order valence-corrected chi connectivity index (χ0v) is 8.41. The summed E-state index contributed by atoms with van der Waals surface area (Å²) >= 11 is 2.44. The Balaban J connectivity index is 2.06. The Morgan fingerprint density at radius 2 is 2.10 bits per heavy atom. The van der Waals surface area contributed by atoms with E-state index >= 15 is 0 Å². The lowest BCUT2D eigenvalue weighted by molar-refractivity contribution is 0.274. The van der Waals surface area contributed by atoms with Crippen molar-refractivity contribution in [2.24, 2.45) is 5.92 Å². The molecule has 2 nitrogen and oxygen atoms in total. The van der Waals surface area contributed by atoms with Gasteiger partial charge in [-0.25, -0.2) is 3.11 Å². The Bertz CT molecular complexity index is 135. The van der Waals surface area contributed by atoms with Crippen molar-refractivity contribution in [3.05, 3.63) is 0 Å². The maximum Gasteiger partial charge on any atom is 0.0237 e. The summed E-state index contributed by atoms with van der Waals surface area (Å²) in [7, 11) is 2.25. The summed E-state index contributed by atoms with van der Waals surface area (Å²) in [5, 5.41) is 0. The minimum Gasteiger partial charge on any atom is -0.302 e. The van der Waals surface area contributed by atoms with E-state index in [1.54, 1.807) is 0 Å². The summed E-state index contributed by atoms with van der Waals surface area (Å²) in [6.45, 7) is 3.90. The smallest absolute Gasteiger partial charge is 0.0237 e. The van der Waals surface area contributed by atoms with Crippen LogP contribution >= 0.6 is 22.9 Å². The third-order valence-electron chi connectivity index (χ3n) is 2.64. The number of nitrogens with zero attached hydrogens (tertiary/aromatic N) is 2. The van der Waals surface area contributed by atoms with Crippen LogP contribution in [0.5, 0.6) is 0 Å². The van der Waals surface area contributed by atoms with Crippen molar-refractivity contribution in [1.82, 2.24) is 8.01 Å². The van der Waals surface area contributed by atoms with Crippen LogP contribution in [0.2, 0.25) is 0 Å². The van der Waals surface area contributed by atoms with Crippen LogP contribution in [0.3, 0.4) is 0 Å². The average molecular weight is 252 g/mol. The third-order valence-corrected chi connectivity index (χ3v) is 3.43. The van der Waals surface area contributed by atoms with E-state index in [1.807, 2.05) is 0 Å². The van der Waals surface area contributed by atoms with Crippen molar-refractivity contribution in [1.29, 1.82) is 0 Å². The summed E-state index contributed by atoms with van der Waals surface area (Å²) < 4.78 is 2.43. The molecule has 10 heavy (non-hydrogen) atoms. The predicted octanol–water partition coefficient (Wildman–Crippen LogP) is 0.972. The molecule has 2 atom stereocenters. The molecule has 2 aliphatic rings. The van der Waals surface area contributed by atoms with Gasteiger partial charge in [0, 0.05) is 48.5 Å². The molecule has 2 rings (SSSR count). The lowest BCUT2D eigenvalue weighted by Gasteiger charge is -2.26. The number of rotatable bonds is 0. The Labute approximate surface area is 76.1 Å². The molecule has 0 amide bonds. The molecule has 0 aromatic carbocycles. The van der Waals surface area contributed by atoms with Crippen LogP contribution in [0.1, 0.15) is 6.42 Å². The van der Waals surface area contributed by atoms with E-state index < -0.39 is 0 Å². The first-order valence-corrected chi connectivity index (χ1v) is 4.83. The van der Waals surface area contributed by atoms with Gasteiger partial charge < -0.3 is 4.90 Å². The van der Waals surface area contributed by atoms with Gasteiger partial charge in [0.05, 0.1) is 0 Å². The quantitative estimate of drug-likeness (QED) is 0.468. The molecule has 0 saturated carbocycles. The summed E-state index contributed by atoms with van der Waals surface area (Å²) in [4.78, 5) is 2.50. The first kappa shape index (κ1) is 7.31. The molecule has 2 fully saturated rings. The van der Waals surface area contributed by atoms with Gasteiger partial charge in [-0.1, -0.05) is 0 Å². The number of hydrogen-bond acceptors (Lipinski definition) is 2. The van der Waals surface area contributed by atoms with Gasteiger partial charge in [-0.3, -0.25) is 0 Å². The topological polar surface area (TPSA) is 6.48 Å². The summed E-state index contributed by atoms with van der Waals surface area (Å²) in [6.07, 6.45) is 1.44. The minimum atomic E-state index is 0.857. The van der Waals surface area contributed by atoms with Crippen molar-refractivity contribution in [2.45, 2.75) is 12.5 Å². The van der Waals surface area contributed by atoms with E-state index in [0.717, 1.165) is 12.0 Å². The number of fused-ring (bicyclic) bond motifs is 2. The predicted molar refractivity (Wildman–Crippen MR) is 50.1 cm³/mol. The molecule has 2 bridgehead atoms. The number of likely N-dealkylation sites (N-methyl/N-ethyl adjacent to an activating group) is 1. The fourth-order valence-electron chi connectivity index (χ4n) is 2.13. The molecule has 2 unspecified atom stereocenters. The van der Waals surface area contributed by atoms with Gasteiger partial charge in [0.15, 0.2) is 0 Å². The summed E-state index contributed by atoms with van der Waals surface area (Å²) in [5.74, 6) is 0.959. The van der Waals surface area contributed by atoms with Crippen LogP contribution in [0.25, 0.3) is 0 Å². The molecule has 2 aliphatic heterocycles. The van der Waals surface area contributed by atoms with E-state index in [0.29, 0.717) is 0 Å². The first-order valence-electron chi connectivity index (χ1n) is 3.86. The molecular weight excluding hydrogens is 239 g/mol. The molecule has 0 aliphatic carbocycles. The Kier molecular flexibility index (Phi) is 1.90. The number of halogens is 1. The molecule has 2 heterocycles. The largest absolute Gasteiger partial charge is 0.302 e. The summed E-state index contributed by atoms with van der Waals surface area (Å²) in [6, 6.07) is 0.857. The Morgan fingerprint density at radius 1 is 1.30 bits per heavy atom. The van der Waals surface area contributed by atoms with Gasteiger partial charge in [0.2, 0.25) is 0 Å². The average Bonchev–Trinajstić information content (AvgIpc) is 2.07. The second kappa shape index (κ2) is 2.60. The van der Waals surface area contributed by atoms with Gasteiger partial charge in [0.1, 0.15) is 0 Å². The zero-order chi connectivity index (χ0) is 7.14. The van der Waals surface area contributed by atoms with Gasteiger partial charge in [0.25, 0.3) is 0 Å². The molecule has 2 saturated heterocycles. The van der Waals surface area contributed by atoms with E-state index in [2.05, 4.69) is 37.9 Å². The van der Waals surface area contributed by atoms with Crippen LogP contribution in [0.4, 0.5) is 0 Å². The third kappa shape index (κ3) is 1.19. The molecule has 0 radical (unpaired) electrons. The van der Waals surface area contributed by atoms with Gasteiger partial charge >= 0.3 is 0 Å². The van der Waals surface area contributed by atoms with Gasteiger partial charge in [-0.2, -0.15) is 0 Å². The number of piperidine rings is 1. The first-order chi connectivity index (χ1) is 4.75. The van der Waals surface area contributed by atoms with Crippen molar-refractivity contribution < 1.29 is 0 Å². The lowest BCUT2D eigenvalue weighted by atomic mass is 10.0. The van der Waals surface area contributed by atoms with Gasteiger partial charge in [-0.05, 0) is 19.4 Å². The molecular formula is C7H13IN2. The van der Waals surface area contributed by atoms with Crippen LogP contribution in [-0.4, -0.2) is 40.7 Å². The fourth-order valence-corrected chi connectivity index (χ4v) is 3.14. The molecule has 0 aromatic heterocycles. The van der Waals surface area contributed by atoms with E-state index in [-0.39, 0.29) is 0 Å². The van der Waals surface area contributed by atoms with Gasteiger partial charge in [-0.15, -0.1) is 0 Å². The maximum atomic E-state index is 2.50. The highest BCUT2D eigenvalue weighted by atomic mass is 127. The molecule has 0 spiro atoms. The second-order valence-corrected chi connectivity index (χ2v) is 4.89. The highest BCUT2D eigenvalue weighted by molar-refractivity contribution is 14.1. The van der Waals surface area contributed by atoms with Crippen LogP contribution in [0, 0.1) is 5.92 Å². The SMILES string of the molecule is CN1CC2CC1CN(I)C2. The van der Waals surface area contributed by atoms with Crippen molar-refractivity contribution >= 4 is 22.9 Å². The standard InChI is InChI=1S/C7H13IN2/c1-9-3-6-2-7(9)5-10(8)4-6/h6-7H,2-5H2,1H3. The Morgan fingerprint density at radius 3 is 2.80 bits per heavy atom. The van der Waals surface area contributed by atoms with Crippen molar-refractivity contribution in [2.75, 3.05) is 26.7 Å². The monoisotopic (exact) mass is 252 g/mol. The Hall–Kier alpha value is 0.650. The van der Waals surface area contributed by atoms with E-state index in [9.17, 15) is 0 Å². The summed E-state index contributed by atoms with van der Waals surface area (Å²) in [5.41, 5.74) is 0. The highest BCUT2D eigenvalue weighted by Crippen LogP contribution is 2.29. The number of likely N-dealkylation sites (tertiary alicyclic amines) is 1. The van der Waals surface area contributed by atoms with Crippen LogP contribution in [0.15, 0.2) is 0 Å². The number of hydrogen-bond donors (Lipinski definition) is 0. The van der Waals surface area contributed by atoms with Crippen molar-refractivity contribution in [3.63, 3.8) is 0 Å². The van der Waals surface area contributed by atoms with E-state index in [1.165, 1.54) is 26.1 Å². The molecule has 0 N–H and O–H groups in total. The second-order valence-electron chi connectivity index (χ2n) is 3.52. The maximum absolute atomic E-state index is 2.50.